The van der Waals surface area contributed by atoms with Gasteiger partial charge in [-0.25, -0.2) is 4.98 Å². The van der Waals surface area contributed by atoms with Crippen LogP contribution >= 0.6 is 0 Å². The summed E-state index contributed by atoms with van der Waals surface area (Å²) in [5.74, 6) is -0.500. The van der Waals surface area contributed by atoms with Crippen molar-refractivity contribution in [3.63, 3.8) is 0 Å². The van der Waals surface area contributed by atoms with Crippen LogP contribution in [-0.2, 0) is 11.3 Å². The van der Waals surface area contributed by atoms with Gasteiger partial charge in [0.2, 0.25) is 5.95 Å². The summed E-state index contributed by atoms with van der Waals surface area (Å²) >= 11 is 0. The minimum absolute atomic E-state index is 0.0380. The Bertz CT molecular complexity index is 557. The molecule has 4 heteroatoms. The Morgan fingerprint density at radius 3 is 2.83 bits per heavy atom. The van der Waals surface area contributed by atoms with Crippen LogP contribution in [0.15, 0.2) is 24.3 Å². The van der Waals surface area contributed by atoms with Crippen LogP contribution in [0.1, 0.15) is 31.1 Å². The van der Waals surface area contributed by atoms with E-state index in [-0.39, 0.29) is 12.7 Å². The van der Waals surface area contributed by atoms with Gasteiger partial charge >= 0.3 is 0 Å². The molecule has 0 saturated heterocycles. The summed E-state index contributed by atoms with van der Waals surface area (Å²) in [4.78, 5) is 3.93. The minimum Gasteiger partial charge on any atom is -0.392 e. The smallest absolute Gasteiger partial charge is 0.219 e. The molecule has 1 atom stereocenters. The molecule has 18 heavy (non-hydrogen) atoms. The van der Waals surface area contributed by atoms with Crippen molar-refractivity contribution in [3.05, 3.63) is 41.3 Å². The van der Waals surface area contributed by atoms with E-state index in [9.17, 15) is 4.39 Å². The molecule has 2 rings (SSSR count). The third kappa shape index (κ3) is 2.49. The van der Waals surface area contributed by atoms with Crippen molar-refractivity contribution in [1.29, 1.82) is 0 Å². The van der Waals surface area contributed by atoms with Crippen LogP contribution < -0.4 is 0 Å². The third-order valence-electron chi connectivity index (χ3n) is 2.90. The van der Waals surface area contributed by atoms with Crippen molar-refractivity contribution >= 4 is 10.9 Å². The number of hydrogen-bond acceptors (Lipinski definition) is 3. The molecule has 1 aromatic heterocycles. The van der Waals surface area contributed by atoms with E-state index in [2.05, 4.69) is 4.98 Å². The predicted octanol–water partition coefficient (Wildman–Crippen LogP) is 2.96. The van der Waals surface area contributed by atoms with Gasteiger partial charge < -0.3 is 9.84 Å². The molecule has 0 aliphatic rings. The monoisotopic (exact) mass is 249 g/mol. The molecular formula is C14H16FNO2. The van der Waals surface area contributed by atoms with Gasteiger partial charge in [-0.15, -0.1) is 0 Å². The largest absolute Gasteiger partial charge is 0.392 e. The maximum Gasteiger partial charge on any atom is 0.219 e. The van der Waals surface area contributed by atoms with Crippen molar-refractivity contribution in [3.8, 4) is 0 Å². The number of halogens is 1. The van der Waals surface area contributed by atoms with Gasteiger partial charge in [0, 0.05) is 17.6 Å². The molecule has 0 saturated carbocycles. The van der Waals surface area contributed by atoms with Gasteiger partial charge in [0.15, 0.2) is 0 Å². The Morgan fingerprint density at radius 2 is 2.17 bits per heavy atom. The van der Waals surface area contributed by atoms with Gasteiger partial charge in [0.25, 0.3) is 0 Å². The first kappa shape index (κ1) is 12.9. The number of rotatable bonds is 4. The van der Waals surface area contributed by atoms with Crippen LogP contribution in [0.2, 0.25) is 0 Å². The average Bonchev–Trinajstić information content (AvgIpc) is 2.37. The number of aliphatic hydroxyl groups is 1. The van der Waals surface area contributed by atoms with Crippen LogP contribution in [0.25, 0.3) is 10.9 Å². The molecule has 1 heterocycles. The van der Waals surface area contributed by atoms with E-state index >= 15 is 0 Å². The number of benzene rings is 1. The van der Waals surface area contributed by atoms with E-state index in [1.165, 1.54) is 0 Å². The van der Waals surface area contributed by atoms with Crippen molar-refractivity contribution < 1.29 is 14.2 Å². The van der Waals surface area contributed by atoms with Crippen molar-refractivity contribution in [1.82, 2.24) is 4.98 Å². The number of pyridine rings is 1. The van der Waals surface area contributed by atoms with Crippen LogP contribution in [0.3, 0.4) is 0 Å². The van der Waals surface area contributed by atoms with Gasteiger partial charge in [0.1, 0.15) is 0 Å². The Kier molecular flexibility index (Phi) is 3.89. The Hall–Kier alpha value is -1.52. The highest BCUT2D eigenvalue weighted by Crippen LogP contribution is 2.24. The summed E-state index contributed by atoms with van der Waals surface area (Å²) in [6.07, 6.45) is -0.329. The van der Waals surface area contributed by atoms with Gasteiger partial charge in [-0.05, 0) is 37.6 Å². The Balaban J connectivity index is 2.51. The van der Waals surface area contributed by atoms with E-state index < -0.39 is 5.95 Å². The number of nitrogens with zero attached hydrogens (tertiary/aromatic N) is 1. The van der Waals surface area contributed by atoms with E-state index in [0.717, 1.165) is 10.9 Å². The van der Waals surface area contributed by atoms with Crippen LogP contribution in [-0.4, -0.2) is 16.7 Å². The SMILES string of the molecule is CCOC(C)c1cc2cc(CO)ccc2nc1F. The standard InChI is InChI=1S/C14H16FNO2/c1-3-18-9(2)12-7-11-6-10(8-17)4-5-13(11)16-14(12)15/h4-7,9,17H,3,8H2,1-2H3. The molecule has 1 aromatic carbocycles. The highest BCUT2D eigenvalue weighted by molar-refractivity contribution is 5.79. The minimum atomic E-state index is -0.500. The highest BCUT2D eigenvalue weighted by atomic mass is 19.1. The molecule has 0 fully saturated rings. The molecule has 0 radical (unpaired) electrons. The van der Waals surface area contributed by atoms with Crippen LogP contribution in [0.4, 0.5) is 4.39 Å². The van der Waals surface area contributed by atoms with Gasteiger partial charge in [-0.2, -0.15) is 4.39 Å². The quantitative estimate of drug-likeness (QED) is 0.847. The fraction of sp³-hybridized carbons (Fsp3) is 0.357. The van der Waals surface area contributed by atoms with Crippen molar-refractivity contribution in [2.75, 3.05) is 6.61 Å². The lowest BCUT2D eigenvalue weighted by Gasteiger charge is -2.13. The van der Waals surface area contributed by atoms with Crippen LogP contribution in [0.5, 0.6) is 0 Å². The maximum atomic E-state index is 13.8. The number of aliphatic hydroxyl groups excluding tert-OH is 1. The predicted molar refractivity (Wildman–Crippen MR) is 67.7 cm³/mol. The Morgan fingerprint density at radius 1 is 1.39 bits per heavy atom. The molecule has 96 valence electrons. The molecule has 1 unspecified atom stereocenters. The van der Waals surface area contributed by atoms with Gasteiger partial charge in [-0.1, -0.05) is 6.07 Å². The topological polar surface area (TPSA) is 42.4 Å². The average molecular weight is 249 g/mol. The summed E-state index contributed by atoms with van der Waals surface area (Å²) in [6.45, 7) is 4.15. The first-order chi connectivity index (χ1) is 8.65. The molecule has 0 aliphatic carbocycles. The summed E-state index contributed by atoms with van der Waals surface area (Å²) in [6, 6.07) is 6.99. The molecule has 1 N–H and O–H groups in total. The second kappa shape index (κ2) is 5.42. The summed E-state index contributed by atoms with van der Waals surface area (Å²) in [5, 5.41) is 9.90. The second-order valence-corrected chi connectivity index (χ2v) is 4.15. The lowest BCUT2D eigenvalue weighted by molar-refractivity contribution is 0.0734. The fourth-order valence-electron chi connectivity index (χ4n) is 1.94. The molecule has 0 amide bonds. The molecule has 0 aliphatic heterocycles. The van der Waals surface area contributed by atoms with Gasteiger partial charge in [0.05, 0.1) is 18.2 Å². The number of fused-ring (bicyclic) bond motifs is 1. The van der Waals surface area contributed by atoms with Gasteiger partial charge in [-0.3, -0.25) is 0 Å². The fourth-order valence-corrected chi connectivity index (χ4v) is 1.94. The zero-order valence-electron chi connectivity index (χ0n) is 10.5. The number of hydrogen-bond donors (Lipinski definition) is 1. The van der Waals surface area contributed by atoms with Crippen molar-refractivity contribution in [2.45, 2.75) is 26.6 Å². The molecule has 2 aromatic rings. The van der Waals surface area contributed by atoms with E-state index in [4.69, 9.17) is 9.84 Å². The lowest BCUT2D eigenvalue weighted by atomic mass is 10.1. The second-order valence-electron chi connectivity index (χ2n) is 4.15. The highest BCUT2D eigenvalue weighted by Gasteiger charge is 2.13. The summed E-state index contributed by atoms with van der Waals surface area (Å²) in [5.41, 5.74) is 1.81. The van der Waals surface area contributed by atoms with E-state index in [0.29, 0.717) is 17.7 Å². The zero-order chi connectivity index (χ0) is 13.1. The Labute approximate surface area is 105 Å². The molecule has 3 nitrogen and oxygen atoms in total. The number of ether oxygens (including phenoxy) is 1. The van der Waals surface area contributed by atoms with Crippen LogP contribution in [0, 0.1) is 5.95 Å². The lowest BCUT2D eigenvalue weighted by Crippen LogP contribution is -2.04. The van der Waals surface area contributed by atoms with E-state index in [1.807, 2.05) is 13.0 Å². The summed E-state index contributed by atoms with van der Waals surface area (Å²) < 4.78 is 19.2. The zero-order valence-corrected chi connectivity index (χ0v) is 10.5. The first-order valence-electron chi connectivity index (χ1n) is 5.97. The number of aromatic nitrogens is 1. The van der Waals surface area contributed by atoms with Crippen molar-refractivity contribution in [2.24, 2.45) is 0 Å². The molecule has 0 spiro atoms. The molecular weight excluding hydrogens is 233 g/mol. The summed E-state index contributed by atoms with van der Waals surface area (Å²) in [7, 11) is 0. The normalized spacial score (nSPS) is 12.9. The molecule has 0 bridgehead atoms. The third-order valence-corrected chi connectivity index (χ3v) is 2.90. The van der Waals surface area contributed by atoms with E-state index in [1.54, 1.807) is 25.1 Å². The maximum absolute atomic E-state index is 13.8. The first-order valence-corrected chi connectivity index (χ1v) is 5.97.